The van der Waals surface area contributed by atoms with Gasteiger partial charge in [0.2, 0.25) is 5.12 Å². The number of rotatable bonds is 5. The molecule has 5 aliphatic carbocycles. The van der Waals surface area contributed by atoms with Gasteiger partial charge in [0.25, 0.3) is 0 Å². The summed E-state index contributed by atoms with van der Waals surface area (Å²) in [5, 5.41) is 11.5. The molecule has 6 nitrogen and oxygen atoms in total. The summed E-state index contributed by atoms with van der Waals surface area (Å²) in [5.74, 6) is -0.806. The zero-order valence-electron chi connectivity index (χ0n) is 23.6. The number of aliphatic imine (C=N–C) groups is 1. The van der Waals surface area contributed by atoms with Crippen molar-refractivity contribution < 1.29 is 28.2 Å². The molecule has 0 amide bonds. The second-order valence-corrected chi connectivity index (χ2v) is 13.9. The van der Waals surface area contributed by atoms with Gasteiger partial charge in [0.1, 0.15) is 11.8 Å². The molecule has 41 heavy (non-hydrogen) atoms. The standard InChI is InChI=1S/C32H38F2N2O4S/c1-30-14-19(16-35)25(36-22-8-6-21(34)7-9-22)13-20(30)5-10-23-24-11-12-32(29(39)41-17-33,40-28(38)18-3-4-18)31(24,2)15-26(37)27(23)30/h6-9,13,16,18,23-24,26-27,37H,3-5,10-12,14-15,17,35H2,1-2H3/t23-,24-,26-,27+,30-,31-,32-/m0/s1. The number of ether oxygens (including phenoxy) is 1. The van der Waals surface area contributed by atoms with Crippen LogP contribution < -0.4 is 5.73 Å². The lowest BCUT2D eigenvalue weighted by Gasteiger charge is -2.60. The Morgan fingerprint density at radius 1 is 1.20 bits per heavy atom. The molecule has 4 saturated carbocycles. The van der Waals surface area contributed by atoms with Crippen LogP contribution in [0.1, 0.15) is 65.2 Å². The fraction of sp³-hybridized carbons (Fsp3) is 0.594. The van der Waals surface area contributed by atoms with Gasteiger partial charge in [-0.05, 0) is 128 Å². The van der Waals surface area contributed by atoms with Gasteiger partial charge in [0.05, 0.1) is 23.4 Å². The average Bonchev–Trinajstić information content (AvgIpc) is 3.74. The number of nitrogens with zero attached hydrogens (tertiary/aromatic N) is 1. The van der Waals surface area contributed by atoms with Crippen molar-refractivity contribution in [2.75, 3.05) is 6.01 Å². The van der Waals surface area contributed by atoms with Gasteiger partial charge in [-0.2, -0.15) is 0 Å². The Hall–Kier alpha value is -2.52. The van der Waals surface area contributed by atoms with Crippen molar-refractivity contribution in [3.05, 3.63) is 53.5 Å². The van der Waals surface area contributed by atoms with Gasteiger partial charge >= 0.3 is 5.97 Å². The molecule has 0 unspecified atom stereocenters. The van der Waals surface area contributed by atoms with E-state index < -0.39 is 28.2 Å². The molecule has 0 heterocycles. The number of alkyl halides is 1. The van der Waals surface area contributed by atoms with Crippen LogP contribution >= 0.6 is 11.8 Å². The number of esters is 1. The number of fused-ring (bicyclic) bond motifs is 5. The number of carbonyl (C=O) groups excluding carboxylic acids is 2. The summed E-state index contributed by atoms with van der Waals surface area (Å²) in [6.45, 7) is 4.17. The van der Waals surface area contributed by atoms with Gasteiger partial charge in [-0.15, -0.1) is 0 Å². The molecule has 1 aromatic carbocycles. The summed E-state index contributed by atoms with van der Waals surface area (Å²) in [7, 11) is 0. The van der Waals surface area contributed by atoms with Crippen LogP contribution in [0.5, 0.6) is 0 Å². The van der Waals surface area contributed by atoms with Gasteiger partial charge < -0.3 is 15.6 Å². The maximum Gasteiger partial charge on any atom is 0.309 e. The number of allylic oxidation sites excluding steroid dienone is 3. The number of hydrogen-bond donors (Lipinski definition) is 2. The average molecular weight is 585 g/mol. The van der Waals surface area contributed by atoms with E-state index in [4.69, 9.17) is 15.5 Å². The number of aliphatic hydroxyl groups is 1. The number of benzene rings is 1. The maximum absolute atomic E-state index is 13.5. The topological polar surface area (TPSA) is 102 Å². The van der Waals surface area contributed by atoms with Crippen molar-refractivity contribution in [3.63, 3.8) is 0 Å². The number of halogens is 2. The normalized spacial score (nSPS) is 40.0. The van der Waals surface area contributed by atoms with Gasteiger partial charge in [-0.3, -0.25) is 9.59 Å². The van der Waals surface area contributed by atoms with Crippen molar-refractivity contribution in [3.8, 4) is 0 Å². The molecule has 0 radical (unpaired) electrons. The van der Waals surface area contributed by atoms with Gasteiger partial charge in [0.15, 0.2) is 5.60 Å². The van der Waals surface area contributed by atoms with E-state index in [0.717, 1.165) is 37.0 Å². The van der Waals surface area contributed by atoms with E-state index in [1.54, 1.807) is 18.3 Å². The van der Waals surface area contributed by atoms with Crippen LogP contribution in [0.25, 0.3) is 0 Å². The smallest absolute Gasteiger partial charge is 0.309 e. The van der Waals surface area contributed by atoms with Crippen LogP contribution in [0.15, 0.2) is 52.7 Å². The van der Waals surface area contributed by atoms with Crippen LogP contribution in [0.2, 0.25) is 0 Å². The summed E-state index contributed by atoms with van der Waals surface area (Å²) >= 11 is 0.580. The maximum atomic E-state index is 13.5. The Bertz CT molecular complexity index is 1340. The minimum Gasteiger partial charge on any atom is -0.449 e. The predicted octanol–water partition coefficient (Wildman–Crippen LogP) is 6.16. The third-order valence-electron chi connectivity index (χ3n) is 11.0. The Labute approximate surface area is 243 Å². The van der Waals surface area contributed by atoms with Crippen LogP contribution in [0, 0.1) is 40.3 Å². The molecule has 1 aromatic rings. The molecule has 0 aromatic heterocycles. The van der Waals surface area contributed by atoms with Crippen molar-refractivity contribution in [2.45, 2.75) is 76.9 Å². The Kier molecular flexibility index (Phi) is 7.21. The predicted molar refractivity (Wildman–Crippen MR) is 154 cm³/mol. The minimum atomic E-state index is -1.43. The summed E-state index contributed by atoms with van der Waals surface area (Å²) in [6, 6.07) is 5.16. The highest BCUT2D eigenvalue weighted by molar-refractivity contribution is 8.13. The van der Waals surface area contributed by atoms with Crippen LogP contribution in [0.4, 0.5) is 14.5 Å². The van der Waals surface area contributed by atoms with E-state index in [2.05, 4.69) is 13.0 Å². The number of carbonyl (C=O) groups is 2. The summed E-state index contributed by atoms with van der Waals surface area (Å²) in [4.78, 5) is 31.3. The first-order valence-electron chi connectivity index (χ1n) is 14.7. The summed E-state index contributed by atoms with van der Waals surface area (Å²) in [5.41, 5.74) is 7.01. The quantitative estimate of drug-likeness (QED) is 0.402. The lowest BCUT2D eigenvalue weighted by molar-refractivity contribution is -0.197. The molecule has 7 atom stereocenters. The molecule has 4 fully saturated rings. The molecule has 6 rings (SSSR count). The SMILES string of the molecule is C[C@]12CC(=CN)C(=Nc3ccc(F)cc3)C=C1CC[C@@H]1[C@@H]2[C@@H](O)C[C@@]2(C)[C@H]1CC[C@]2(OC(=O)C1CC1)C(=O)SCF. The van der Waals surface area contributed by atoms with E-state index in [-0.39, 0.29) is 40.9 Å². The lowest BCUT2D eigenvalue weighted by atomic mass is 9.45. The Morgan fingerprint density at radius 3 is 2.59 bits per heavy atom. The highest BCUT2D eigenvalue weighted by Crippen LogP contribution is 2.69. The molecule has 0 bridgehead atoms. The zero-order chi connectivity index (χ0) is 29.2. The van der Waals surface area contributed by atoms with Crippen molar-refractivity contribution in [2.24, 2.45) is 45.2 Å². The molecular weight excluding hydrogens is 546 g/mol. The molecule has 0 spiro atoms. The fourth-order valence-electron chi connectivity index (χ4n) is 8.86. The molecule has 0 saturated heterocycles. The summed E-state index contributed by atoms with van der Waals surface area (Å²) < 4.78 is 33.0. The number of thioether (sulfide) groups is 1. The number of hydrogen-bond acceptors (Lipinski definition) is 7. The molecule has 9 heteroatoms. The largest absolute Gasteiger partial charge is 0.449 e. The van der Waals surface area contributed by atoms with E-state index in [1.807, 2.05) is 6.92 Å². The third kappa shape index (κ3) is 4.49. The highest BCUT2D eigenvalue weighted by Gasteiger charge is 2.71. The van der Waals surface area contributed by atoms with E-state index in [1.165, 1.54) is 17.7 Å². The van der Waals surface area contributed by atoms with Crippen molar-refractivity contribution in [1.82, 2.24) is 0 Å². The molecule has 3 N–H and O–H groups in total. The van der Waals surface area contributed by atoms with Gasteiger partial charge in [-0.25, -0.2) is 13.8 Å². The Balaban J connectivity index is 1.35. The van der Waals surface area contributed by atoms with E-state index in [0.29, 0.717) is 43.1 Å². The van der Waals surface area contributed by atoms with Crippen molar-refractivity contribution >= 4 is 34.2 Å². The van der Waals surface area contributed by atoms with Gasteiger partial charge in [-0.1, -0.05) is 19.4 Å². The van der Waals surface area contributed by atoms with E-state index >= 15 is 0 Å². The molecular formula is C32H38F2N2O4S. The van der Waals surface area contributed by atoms with Crippen LogP contribution in [-0.4, -0.2) is 39.6 Å². The third-order valence-corrected chi connectivity index (χ3v) is 11.7. The van der Waals surface area contributed by atoms with E-state index in [9.17, 15) is 23.5 Å². The second-order valence-electron chi connectivity index (χ2n) is 13.1. The first kappa shape index (κ1) is 28.6. The molecule has 220 valence electrons. The fourth-order valence-corrected chi connectivity index (χ4v) is 9.57. The first-order valence-corrected chi connectivity index (χ1v) is 15.7. The minimum absolute atomic E-state index is 0.0463. The van der Waals surface area contributed by atoms with Gasteiger partial charge in [0, 0.05) is 5.41 Å². The molecule has 0 aliphatic heterocycles. The zero-order valence-corrected chi connectivity index (χ0v) is 24.4. The van der Waals surface area contributed by atoms with Crippen molar-refractivity contribution in [1.29, 1.82) is 0 Å². The monoisotopic (exact) mass is 584 g/mol. The van der Waals surface area contributed by atoms with Crippen LogP contribution in [-0.2, 0) is 14.3 Å². The second kappa shape index (κ2) is 10.3. The van der Waals surface area contributed by atoms with Crippen LogP contribution in [0.3, 0.4) is 0 Å². The highest BCUT2D eigenvalue weighted by atomic mass is 32.2. The number of nitrogens with two attached hydrogens (primary N) is 1. The lowest BCUT2D eigenvalue weighted by Crippen LogP contribution is -2.62. The molecule has 5 aliphatic rings. The number of aliphatic hydroxyl groups excluding tert-OH is 1. The first-order chi connectivity index (χ1) is 19.6. The summed E-state index contributed by atoms with van der Waals surface area (Å²) in [6.07, 6.45) is 8.01. The Morgan fingerprint density at radius 2 is 1.93 bits per heavy atom.